The van der Waals surface area contributed by atoms with Gasteiger partial charge in [0.2, 0.25) is 0 Å². The Balaban J connectivity index is 1.67. The average Bonchev–Trinajstić information content (AvgIpc) is 3.49. The van der Waals surface area contributed by atoms with Gasteiger partial charge in [0.25, 0.3) is 0 Å². The molecule has 5 nitrogen and oxygen atoms in total. The lowest BCUT2D eigenvalue weighted by molar-refractivity contribution is 0.669. The van der Waals surface area contributed by atoms with E-state index in [0.717, 1.165) is 55.7 Å². The van der Waals surface area contributed by atoms with Crippen LogP contribution in [-0.2, 0) is 0 Å². The van der Waals surface area contributed by atoms with Crippen molar-refractivity contribution in [3.8, 4) is 17.1 Å². The number of para-hydroxylation sites is 5. The molecule has 0 aliphatic carbocycles. The molecule has 3 heterocycles. The van der Waals surface area contributed by atoms with Crippen LogP contribution in [0.2, 0.25) is 0 Å². The smallest absolute Gasteiger partial charge is 0.199 e. The molecule has 38 heavy (non-hydrogen) atoms. The molecule has 0 radical (unpaired) electrons. The summed E-state index contributed by atoms with van der Waals surface area (Å²) >= 11 is 0. The lowest BCUT2D eigenvalue weighted by Crippen LogP contribution is -2.09. The Morgan fingerprint density at radius 2 is 1.26 bits per heavy atom. The van der Waals surface area contributed by atoms with Gasteiger partial charge in [0.15, 0.2) is 17.1 Å². The van der Waals surface area contributed by atoms with Gasteiger partial charge in [-0.05, 0) is 47.2 Å². The van der Waals surface area contributed by atoms with E-state index in [0.29, 0.717) is 17.5 Å². The van der Waals surface area contributed by atoms with Gasteiger partial charge in [-0.3, -0.25) is 4.57 Å². The van der Waals surface area contributed by atoms with Crippen LogP contribution in [0.25, 0.3) is 61.3 Å². The van der Waals surface area contributed by atoms with Crippen LogP contribution in [0.3, 0.4) is 0 Å². The minimum atomic E-state index is 0.310. The van der Waals surface area contributed by atoms with Crippen LogP contribution >= 0.6 is 0 Å². The largest absolute Gasteiger partial charge is 0.455 e. The molecule has 186 valence electrons. The first kappa shape index (κ1) is 22.7. The van der Waals surface area contributed by atoms with Crippen LogP contribution in [0.15, 0.2) is 89.3 Å². The molecular weight excluding hydrogens is 468 g/mol. The molecule has 0 fully saturated rings. The molecule has 0 spiro atoms. The fourth-order valence-electron chi connectivity index (χ4n) is 5.54. The van der Waals surface area contributed by atoms with Gasteiger partial charge in [-0.15, -0.1) is 0 Å². The highest BCUT2D eigenvalue weighted by Crippen LogP contribution is 2.40. The van der Waals surface area contributed by atoms with Crippen molar-refractivity contribution in [1.29, 1.82) is 0 Å². The molecule has 5 heteroatoms. The summed E-state index contributed by atoms with van der Waals surface area (Å²) in [4.78, 5) is 15.2. The summed E-state index contributed by atoms with van der Waals surface area (Å²) in [5, 5.41) is 2.17. The highest BCUT2D eigenvalue weighted by molar-refractivity contribution is 6.09. The first-order chi connectivity index (χ1) is 18.5. The van der Waals surface area contributed by atoms with Crippen molar-refractivity contribution in [2.75, 3.05) is 0 Å². The SMILES string of the molecule is CC(C)c1cccc(C(C)C)c1-n1c(-c2cccc3c2oc2ccccc23)nc2nc3ccccc3nc21. The summed E-state index contributed by atoms with van der Waals surface area (Å²) in [7, 11) is 0. The van der Waals surface area contributed by atoms with Gasteiger partial charge in [-0.25, -0.2) is 15.0 Å². The van der Waals surface area contributed by atoms with Crippen molar-refractivity contribution in [3.05, 3.63) is 96.1 Å². The van der Waals surface area contributed by atoms with Gasteiger partial charge >= 0.3 is 0 Å². The standard InChI is InChI=1S/C33H28N4O/c1-19(2)21-12-9-13-22(20(3)4)29(21)37-32(36-31-33(37)35-27-17-7-6-16-26(27)34-31)25-15-10-14-24-23-11-5-8-18-28(23)38-30(24)25/h5-20H,1-4H3. The van der Waals surface area contributed by atoms with Crippen LogP contribution in [-0.4, -0.2) is 19.5 Å². The maximum Gasteiger partial charge on any atom is 0.199 e. The second-order valence-corrected chi connectivity index (χ2v) is 10.5. The second kappa shape index (κ2) is 8.52. The zero-order valence-electron chi connectivity index (χ0n) is 21.9. The Hall–Kier alpha value is -4.51. The van der Waals surface area contributed by atoms with E-state index < -0.39 is 0 Å². The lowest BCUT2D eigenvalue weighted by atomic mass is 9.92. The zero-order valence-corrected chi connectivity index (χ0v) is 21.9. The molecule has 0 saturated heterocycles. The number of hydrogen-bond donors (Lipinski definition) is 0. The molecule has 0 aliphatic rings. The van der Waals surface area contributed by atoms with Crippen LogP contribution in [0.1, 0.15) is 50.7 Å². The third-order valence-corrected chi connectivity index (χ3v) is 7.38. The summed E-state index contributed by atoms with van der Waals surface area (Å²) in [6.45, 7) is 8.96. The number of imidazole rings is 1. The molecule has 7 aromatic rings. The van der Waals surface area contributed by atoms with E-state index in [1.54, 1.807) is 0 Å². The maximum atomic E-state index is 6.46. The van der Waals surface area contributed by atoms with Crippen LogP contribution in [0.4, 0.5) is 0 Å². The topological polar surface area (TPSA) is 56.7 Å². The van der Waals surface area contributed by atoms with E-state index in [2.05, 4.69) is 74.7 Å². The molecule has 0 aliphatic heterocycles. The van der Waals surface area contributed by atoms with Gasteiger partial charge < -0.3 is 4.42 Å². The maximum absolute atomic E-state index is 6.46. The fourth-order valence-corrected chi connectivity index (χ4v) is 5.54. The van der Waals surface area contributed by atoms with E-state index in [4.69, 9.17) is 19.4 Å². The number of rotatable bonds is 4. The van der Waals surface area contributed by atoms with Gasteiger partial charge in [0.05, 0.1) is 22.3 Å². The van der Waals surface area contributed by atoms with Crippen LogP contribution in [0.5, 0.6) is 0 Å². The van der Waals surface area contributed by atoms with E-state index in [1.807, 2.05) is 42.5 Å². The van der Waals surface area contributed by atoms with Crippen molar-refractivity contribution in [3.63, 3.8) is 0 Å². The molecule has 4 aromatic carbocycles. The Morgan fingerprint density at radius 1 is 0.632 bits per heavy atom. The molecule has 0 N–H and O–H groups in total. The molecule has 0 saturated carbocycles. The van der Waals surface area contributed by atoms with Gasteiger partial charge in [-0.2, -0.15) is 0 Å². The number of furan rings is 1. The summed E-state index contributed by atoms with van der Waals surface area (Å²) in [5.41, 5.74) is 9.31. The van der Waals surface area contributed by atoms with Crippen LogP contribution < -0.4 is 0 Å². The summed E-state index contributed by atoms with van der Waals surface area (Å²) in [5.74, 6) is 1.41. The molecular formula is C33H28N4O. The minimum Gasteiger partial charge on any atom is -0.455 e. The highest BCUT2D eigenvalue weighted by Gasteiger charge is 2.25. The van der Waals surface area contributed by atoms with E-state index in [1.165, 1.54) is 11.1 Å². The van der Waals surface area contributed by atoms with Gasteiger partial charge in [0, 0.05) is 10.8 Å². The summed E-state index contributed by atoms with van der Waals surface area (Å²) in [6.07, 6.45) is 0. The molecule has 3 aromatic heterocycles. The van der Waals surface area contributed by atoms with Crippen molar-refractivity contribution in [1.82, 2.24) is 19.5 Å². The molecule has 0 bridgehead atoms. The van der Waals surface area contributed by atoms with Crippen molar-refractivity contribution < 1.29 is 4.42 Å². The first-order valence-corrected chi connectivity index (χ1v) is 13.2. The zero-order chi connectivity index (χ0) is 26.0. The highest BCUT2D eigenvalue weighted by atomic mass is 16.3. The predicted octanol–water partition coefficient (Wildman–Crippen LogP) is 8.78. The first-order valence-electron chi connectivity index (χ1n) is 13.2. The summed E-state index contributed by atoms with van der Waals surface area (Å²) in [6, 6.07) is 29.1. The number of aromatic nitrogens is 4. The van der Waals surface area contributed by atoms with Gasteiger partial charge in [0.1, 0.15) is 11.2 Å². The lowest BCUT2D eigenvalue weighted by Gasteiger charge is -2.22. The summed E-state index contributed by atoms with van der Waals surface area (Å²) < 4.78 is 8.69. The van der Waals surface area contributed by atoms with E-state index in [-0.39, 0.29) is 0 Å². The second-order valence-electron chi connectivity index (χ2n) is 10.5. The number of hydrogen-bond acceptors (Lipinski definition) is 4. The molecule has 0 atom stereocenters. The Bertz CT molecular complexity index is 1970. The molecule has 0 amide bonds. The number of benzene rings is 4. The average molecular weight is 497 g/mol. The normalized spacial score (nSPS) is 12.2. The van der Waals surface area contributed by atoms with E-state index in [9.17, 15) is 0 Å². The van der Waals surface area contributed by atoms with Crippen molar-refractivity contribution in [2.45, 2.75) is 39.5 Å². The van der Waals surface area contributed by atoms with Crippen molar-refractivity contribution in [2.24, 2.45) is 0 Å². The minimum absolute atomic E-state index is 0.310. The predicted molar refractivity (Wildman–Crippen MR) is 155 cm³/mol. The third kappa shape index (κ3) is 3.35. The van der Waals surface area contributed by atoms with Crippen LogP contribution in [0, 0.1) is 0 Å². The van der Waals surface area contributed by atoms with Gasteiger partial charge in [-0.1, -0.05) is 88.4 Å². The quantitative estimate of drug-likeness (QED) is 0.244. The van der Waals surface area contributed by atoms with E-state index >= 15 is 0 Å². The Labute approximate surface area is 220 Å². The molecule has 0 unspecified atom stereocenters. The molecule has 7 rings (SSSR count). The van der Waals surface area contributed by atoms with Crippen molar-refractivity contribution >= 4 is 44.3 Å². The fraction of sp³-hybridized carbons (Fsp3) is 0.182. The number of fused-ring (bicyclic) bond motifs is 5. The number of nitrogens with zero attached hydrogens (tertiary/aromatic N) is 4. The third-order valence-electron chi connectivity index (χ3n) is 7.38. The monoisotopic (exact) mass is 496 g/mol. The Morgan fingerprint density at radius 3 is 2.00 bits per heavy atom. The Kier molecular flexibility index (Phi) is 5.08.